The fourth-order valence-electron chi connectivity index (χ4n) is 2.36. The third kappa shape index (κ3) is 3.27. The van der Waals surface area contributed by atoms with E-state index in [1.165, 1.54) is 24.8 Å². The Morgan fingerprint density at radius 1 is 1.40 bits per heavy atom. The minimum Gasteiger partial charge on any atom is -0.356 e. The van der Waals surface area contributed by atoms with Gasteiger partial charge in [0, 0.05) is 16.9 Å². The van der Waals surface area contributed by atoms with Crippen LogP contribution in [0.4, 0.5) is 5.69 Å². The molecule has 1 N–H and O–H groups in total. The summed E-state index contributed by atoms with van der Waals surface area (Å²) in [6, 6.07) is 5.94. The van der Waals surface area contributed by atoms with Crippen LogP contribution < -0.4 is 5.32 Å². The molecule has 0 aromatic heterocycles. The lowest BCUT2D eigenvalue weighted by Crippen LogP contribution is -2.11. The first kappa shape index (κ1) is 14.3. The molecule has 0 amide bonds. The fourth-order valence-corrected chi connectivity index (χ4v) is 2.36. The first-order valence-corrected chi connectivity index (χ1v) is 7.10. The molecule has 0 heterocycles. The average molecular weight is 267 g/mol. The van der Waals surface area contributed by atoms with Crippen molar-refractivity contribution in [2.45, 2.75) is 32.1 Å². The SMILES string of the molecule is C=C/C(=C\C=C/C)Nc1ccc(C=O)c(C2CCC2)c1. The van der Waals surface area contributed by atoms with E-state index in [0.29, 0.717) is 5.92 Å². The standard InChI is InChI=1S/C18H21NO/c1-3-5-9-16(4-2)19-17-11-10-15(13-20)18(12-17)14-7-6-8-14/h3-5,9-14,19H,2,6-8H2,1H3/b5-3-,16-9+. The maximum atomic E-state index is 11.1. The molecule has 20 heavy (non-hydrogen) atoms. The smallest absolute Gasteiger partial charge is 0.150 e. The molecule has 0 unspecified atom stereocenters. The first-order chi connectivity index (χ1) is 9.78. The summed E-state index contributed by atoms with van der Waals surface area (Å²) in [6.45, 7) is 5.78. The molecule has 0 aliphatic heterocycles. The number of allylic oxidation sites excluding steroid dienone is 4. The minimum atomic E-state index is 0.545. The molecular formula is C18H21NO. The molecule has 1 aromatic carbocycles. The second-order valence-corrected chi connectivity index (χ2v) is 5.07. The highest BCUT2D eigenvalue weighted by Crippen LogP contribution is 2.38. The van der Waals surface area contributed by atoms with Gasteiger partial charge in [-0.05, 0) is 61.6 Å². The summed E-state index contributed by atoms with van der Waals surface area (Å²) in [6.07, 6.45) is 12.3. The third-order valence-corrected chi connectivity index (χ3v) is 3.74. The lowest BCUT2D eigenvalue weighted by molar-refractivity contribution is 0.112. The molecule has 1 aliphatic rings. The molecule has 0 radical (unpaired) electrons. The Labute approximate surface area is 120 Å². The van der Waals surface area contributed by atoms with Crippen LogP contribution in [0.3, 0.4) is 0 Å². The van der Waals surface area contributed by atoms with Gasteiger partial charge in [-0.1, -0.05) is 25.2 Å². The number of aldehydes is 1. The van der Waals surface area contributed by atoms with Crippen molar-refractivity contribution in [2.24, 2.45) is 0 Å². The van der Waals surface area contributed by atoms with Gasteiger partial charge in [-0.2, -0.15) is 0 Å². The Bertz CT molecular complexity index is 551. The van der Waals surface area contributed by atoms with Crippen LogP contribution in [0.5, 0.6) is 0 Å². The number of nitrogens with one attached hydrogen (secondary N) is 1. The lowest BCUT2D eigenvalue weighted by atomic mass is 9.78. The van der Waals surface area contributed by atoms with E-state index in [-0.39, 0.29) is 0 Å². The summed E-state index contributed by atoms with van der Waals surface area (Å²) in [5.41, 5.74) is 3.94. The van der Waals surface area contributed by atoms with Gasteiger partial charge in [-0.25, -0.2) is 0 Å². The highest BCUT2D eigenvalue weighted by molar-refractivity contribution is 5.79. The van der Waals surface area contributed by atoms with Crippen molar-refractivity contribution in [3.8, 4) is 0 Å². The van der Waals surface area contributed by atoms with E-state index in [9.17, 15) is 4.79 Å². The Hall–Kier alpha value is -2.09. The maximum Gasteiger partial charge on any atom is 0.150 e. The molecule has 0 atom stereocenters. The molecule has 2 heteroatoms. The zero-order valence-electron chi connectivity index (χ0n) is 11.9. The predicted molar refractivity (Wildman–Crippen MR) is 85.1 cm³/mol. The van der Waals surface area contributed by atoms with E-state index >= 15 is 0 Å². The van der Waals surface area contributed by atoms with Crippen LogP contribution in [0, 0.1) is 0 Å². The molecule has 0 spiro atoms. The molecular weight excluding hydrogens is 246 g/mol. The molecule has 104 valence electrons. The summed E-state index contributed by atoms with van der Waals surface area (Å²) in [7, 11) is 0. The zero-order valence-corrected chi connectivity index (χ0v) is 11.9. The van der Waals surface area contributed by atoms with Crippen LogP contribution in [0.1, 0.15) is 48.0 Å². The van der Waals surface area contributed by atoms with Gasteiger partial charge in [0.15, 0.2) is 0 Å². The van der Waals surface area contributed by atoms with Crippen LogP contribution in [0.15, 0.2) is 54.8 Å². The van der Waals surface area contributed by atoms with Gasteiger partial charge in [-0.15, -0.1) is 0 Å². The number of benzene rings is 1. The van der Waals surface area contributed by atoms with E-state index < -0.39 is 0 Å². The number of anilines is 1. The molecule has 2 nitrogen and oxygen atoms in total. The number of carbonyl (C=O) groups excluding carboxylic acids is 1. The monoisotopic (exact) mass is 267 g/mol. The van der Waals surface area contributed by atoms with Crippen LogP contribution in [-0.2, 0) is 0 Å². The van der Waals surface area contributed by atoms with Gasteiger partial charge in [0.2, 0.25) is 0 Å². The van der Waals surface area contributed by atoms with E-state index in [1.807, 2.05) is 37.3 Å². The van der Waals surface area contributed by atoms with Crippen molar-refractivity contribution in [2.75, 3.05) is 5.32 Å². The quantitative estimate of drug-likeness (QED) is 0.591. The summed E-state index contributed by atoms with van der Waals surface area (Å²) in [4.78, 5) is 11.1. The summed E-state index contributed by atoms with van der Waals surface area (Å²) >= 11 is 0. The highest BCUT2D eigenvalue weighted by atomic mass is 16.1. The largest absolute Gasteiger partial charge is 0.356 e. The number of hydrogen-bond donors (Lipinski definition) is 1. The molecule has 2 rings (SSSR count). The molecule has 1 aromatic rings. The Morgan fingerprint density at radius 2 is 2.20 bits per heavy atom. The second-order valence-electron chi connectivity index (χ2n) is 5.07. The molecule has 0 saturated heterocycles. The van der Waals surface area contributed by atoms with Crippen LogP contribution >= 0.6 is 0 Å². The fraction of sp³-hybridized carbons (Fsp3) is 0.278. The van der Waals surface area contributed by atoms with Gasteiger partial charge >= 0.3 is 0 Å². The first-order valence-electron chi connectivity index (χ1n) is 7.10. The Morgan fingerprint density at radius 3 is 2.75 bits per heavy atom. The van der Waals surface area contributed by atoms with Crippen LogP contribution in [-0.4, -0.2) is 6.29 Å². The molecule has 1 fully saturated rings. The van der Waals surface area contributed by atoms with Crippen molar-refractivity contribution in [3.63, 3.8) is 0 Å². The Balaban J connectivity index is 2.24. The summed E-state index contributed by atoms with van der Waals surface area (Å²) < 4.78 is 0. The van der Waals surface area contributed by atoms with Gasteiger partial charge in [0.1, 0.15) is 6.29 Å². The van der Waals surface area contributed by atoms with Crippen LogP contribution in [0.25, 0.3) is 0 Å². The predicted octanol–water partition coefficient (Wildman–Crippen LogP) is 4.82. The van der Waals surface area contributed by atoms with E-state index in [1.54, 1.807) is 6.08 Å². The molecule has 1 saturated carbocycles. The maximum absolute atomic E-state index is 11.1. The highest BCUT2D eigenvalue weighted by Gasteiger charge is 2.22. The van der Waals surface area contributed by atoms with Gasteiger partial charge in [0.05, 0.1) is 0 Å². The van der Waals surface area contributed by atoms with E-state index in [0.717, 1.165) is 23.2 Å². The normalized spacial score (nSPS) is 15.9. The second kappa shape index (κ2) is 6.90. The van der Waals surface area contributed by atoms with E-state index in [4.69, 9.17) is 0 Å². The summed E-state index contributed by atoms with van der Waals surface area (Å²) in [5.74, 6) is 0.545. The van der Waals surface area contributed by atoms with Gasteiger partial charge in [0.25, 0.3) is 0 Å². The molecule has 0 bridgehead atoms. The van der Waals surface area contributed by atoms with Gasteiger partial charge in [-0.3, -0.25) is 4.79 Å². The van der Waals surface area contributed by atoms with E-state index in [2.05, 4.69) is 18.0 Å². The van der Waals surface area contributed by atoms with Gasteiger partial charge < -0.3 is 5.32 Å². The Kier molecular flexibility index (Phi) is 4.94. The van der Waals surface area contributed by atoms with Crippen molar-refractivity contribution < 1.29 is 4.79 Å². The molecule has 1 aliphatic carbocycles. The number of rotatable bonds is 6. The third-order valence-electron chi connectivity index (χ3n) is 3.74. The van der Waals surface area contributed by atoms with Crippen molar-refractivity contribution in [1.29, 1.82) is 0 Å². The van der Waals surface area contributed by atoms with Crippen molar-refractivity contribution >= 4 is 12.0 Å². The topological polar surface area (TPSA) is 29.1 Å². The minimum absolute atomic E-state index is 0.545. The van der Waals surface area contributed by atoms with Crippen molar-refractivity contribution in [3.05, 3.63) is 65.9 Å². The number of carbonyl (C=O) groups is 1. The summed E-state index contributed by atoms with van der Waals surface area (Å²) in [5, 5.41) is 3.33. The lowest BCUT2D eigenvalue weighted by Gasteiger charge is -2.27. The van der Waals surface area contributed by atoms with Crippen molar-refractivity contribution in [1.82, 2.24) is 0 Å². The van der Waals surface area contributed by atoms with Crippen LogP contribution in [0.2, 0.25) is 0 Å². The zero-order chi connectivity index (χ0) is 14.4. The average Bonchev–Trinajstić information content (AvgIpc) is 2.42. The number of hydrogen-bond acceptors (Lipinski definition) is 2.